The van der Waals surface area contributed by atoms with E-state index in [0.717, 1.165) is 39.3 Å². The third-order valence-electron chi connectivity index (χ3n) is 2.46. The minimum Gasteiger partial charge on any atom is -0.355 e. The topological polar surface area (TPSA) is 44.4 Å². The summed E-state index contributed by atoms with van der Waals surface area (Å²) >= 11 is 0. The minimum atomic E-state index is 0.0954. The van der Waals surface area contributed by atoms with Crippen LogP contribution >= 0.6 is 0 Å². The first kappa shape index (κ1) is 11.5. The maximum atomic E-state index is 11.2. The molecule has 82 valence electrons. The summed E-state index contributed by atoms with van der Waals surface area (Å²) in [6.07, 6.45) is 0. The van der Waals surface area contributed by atoms with Crippen LogP contribution in [-0.2, 0) is 4.79 Å². The van der Waals surface area contributed by atoms with Gasteiger partial charge in [0.2, 0.25) is 5.91 Å². The summed E-state index contributed by atoms with van der Waals surface area (Å²) in [4.78, 5) is 13.6. The molecule has 0 bridgehead atoms. The number of nitrogens with one attached hydrogen (secondary N) is 2. The van der Waals surface area contributed by atoms with Crippen molar-refractivity contribution in [3.63, 3.8) is 0 Å². The molecule has 1 amide bonds. The van der Waals surface area contributed by atoms with Gasteiger partial charge < -0.3 is 10.6 Å². The monoisotopic (exact) mass is 199 g/mol. The summed E-state index contributed by atoms with van der Waals surface area (Å²) < 4.78 is 0. The van der Waals surface area contributed by atoms with Crippen LogP contribution < -0.4 is 10.6 Å². The van der Waals surface area contributed by atoms with Gasteiger partial charge in [-0.3, -0.25) is 9.69 Å². The van der Waals surface area contributed by atoms with Crippen LogP contribution in [0, 0.1) is 5.92 Å². The van der Waals surface area contributed by atoms with Crippen molar-refractivity contribution < 1.29 is 4.79 Å². The summed E-state index contributed by atoms with van der Waals surface area (Å²) in [7, 11) is 0. The van der Waals surface area contributed by atoms with E-state index in [1.54, 1.807) is 0 Å². The summed E-state index contributed by atoms with van der Waals surface area (Å²) in [6, 6.07) is 0. The molecule has 1 aliphatic heterocycles. The second-order valence-electron chi connectivity index (χ2n) is 4.04. The van der Waals surface area contributed by atoms with Crippen molar-refractivity contribution in [2.75, 3.05) is 39.3 Å². The summed E-state index contributed by atoms with van der Waals surface area (Å²) in [6.45, 7) is 9.91. The first-order chi connectivity index (χ1) is 6.70. The third kappa shape index (κ3) is 4.07. The first-order valence-corrected chi connectivity index (χ1v) is 5.41. The van der Waals surface area contributed by atoms with E-state index < -0.39 is 0 Å². The Morgan fingerprint density at radius 2 is 2.07 bits per heavy atom. The van der Waals surface area contributed by atoms with Crippen LogP contribution in [-0.4, -0.2) is 50.1 Å². The fraction of sp³-hybridized carbons (Fsp3) is 0.900. The molecule has 0 aliphatic carbocycles. The highest BCUT2D eigenvalue weighted by molar-refractivity contribution is 5.77. The Kier molecular flexibility index (Phi) is 4.90. The van der Waals surface area contributed by atoms with E-state index in [-0.39, 0.29) is 11.8 Å². The lowest BCUT2D eigenvalue weighted by atomic mass is 10.2. The van der Waals surface area contributed by atoms with Crippen LogP contribution in [0.2, 0.25) is 0 Å². The van der Waals surface area contributed by atoms with Gasteiger partial charge in [-0.25, -0.2) is 0 Å². The summed E-state index contributed by atoms with van der Waals surface area (Å²) in [5.74, 6) is 0.248. The Labute approximate surface area is 86.0 Å². The maximum Gasteiger partial charge on any atom is 0.222 e. The smallest absolute Gasteiger partial charge is 0.222 e. The van der Waals surface area contributed by atoms with E-state index >= 15 is 0 Å². The van der Waals surface area contributed by atoms with Gasteiger partial charge in [0.05, 0.1) is 0 Å². The zero-order valence-corrected chi connectivity index (χ0v) is 9.18. The molecular formula is C10H21N3O. The lowest BCUT2D eigenvalue weighted by Crippen LogP contribution is -2.46. The van der Waals surface area contributed by atoms with Crippen molar-refractivity contribution >= 4 is 5.91 Å². The molecule has 1 fully saturated rings. The molecule has 0 aromatic carbocycles. The molecule has 1 heterocycles. The normalized spacial score (nSPS) is 18.5. The van der Waals surface area contributed by atoms with Crippen molar-refractivity contribution in [2.45, 2.75) is 13.8 Å². The SMILES string of the molecule is CC(C)C(=O)NCCN1CCNCC1. The molecule has 2 N–H and O–H groups in total. The minimum absolute atomic E-state index is 0.0954. The highest BCUT2D eigenvalue weighted by atomic mass is 16.1. The van der Waals surface area contributed by atoms with Crippen molar-refractivity contribution in [1.82, 2.24) is 15.5 Å². The van der Waals surface area contributed by atoms with Crippen molar-refractivity contribution in [2.24, 2.45) is 5.92 Å². The Morgan fingerprint density at radius 1 is 1.43 bits per heavy atom. The largest absolute Gasteiger partial charge is 0.355 e. The molecule has 1 saturated heterocycles. The van der Waals surface area contributed by atoms with Crippen molar-refractivity contribution in [1.29, 1.82) is 0 Å². The molecule has 1 rings (SSSR count). The maximum absolute atomic E-state index is 11.2. The standard InChI is InChI=1S/C10H21N3O/c1-9(2)10(14)12-5-8-13-6-3-11-4-7-13/h9,11H,3-8H2,1-2H3,(H,12,14). The van der Waals surface area contributed by atoms with E-state index in [9.17, 15) is 4.79 Å². The fourth-order valence-corrected chi connectivity index (χ4v) is 1.48. The van der Waals surface area contributed by atoms with Crippen LogP contribution in [0.25, 0.3) is 0 Å². The summed E-state index contributed by atoms with van der Waals surface area (Å²) in [5.41, 5.74) is 0. The zero-order valence-electron chi connectivity index (χ0n) is 9.18. The molecule has 0 atom stereocenters. The Balaban J connectivity index is 2.05. The number of hydrogen-bond acceptors (Lipinski definition) is 3. The van der Waals surface area contributed by atoms with Gasteiger partial charge in [0, 0.05) is 45.2 Å². The van der Waals surface area contributed by atoms with Gasteiger partial charge in [0.15, 0.2) is 0 Å². The van der Waals surface area contributed by atoms with E-state index in [1.807, 2.05) is 13.8 Å². The van der Waals surface area contributed by atoms with Crippen molar-refractivity contribution in [3.8, 4) is 0 Å². The number of hydrogen-bond donors (Lipinski definition) is 2. The van der Waals surface area contributed by atoms with E-state index in [4.69, 9.17) is 0 Å². The molecular weight excluding hydrogens is 178 g/mol. The molecule has 14 heavy (non-hydrogen) atoms. The van der Waals surface area contributed by atoms with Gasteiger partial charge in [0.1, 0.15) is 0 Å². The molecule has 0 radical (unpaired) electrons. The Hall–Kier alpha value is -0.610. The molecule has 0 spiro atoms. The fourth-order valence-electron chi connectivity index (χ4n) is 1.48. The number of piperazine rings is 1. The number of nitrogens with zero attached hydrogens (tertiary/aromatic N) is 1. The average Bonchev–Trinajstić information content (AvgIpc) is 2.19. The lowest BCUT2D eigenvalue weighted by Gasteiger charge is -2.27. The molecule has 0 unspecified atom stereocenters. The molecule has 0 saturated carbocycles. The van der Waals surface area contributed by atoms with Gasteiger partial charge in [-0.2, -0.15) is 0 Å². The lowest BCUT2D eigenvalue weighted by molar-refractivity contribution is -0.124. The molecule has 4 heteroatoms. The highest BCUT2D eigenvalue weighted by Gasteiger charge is 2.10. The molecule has 4 nitrogen and oxygen atoms in total. The number of amides is 1. The van der Waals surface area contributed by atoms with Crippen molar-refractivity contribution in [3.05, 3.63) is 0 Å². The number of rotatable bonds is 4. The predicted molar refractivity (Wildman–Crippen MR) is 57.2 cm³/mol. The average molecular weight is 199 g/mol. The van der Waals surface area contributed by atoms with Crippen LogP contribution in [0.4, 0.5) is 0 Å². The van der Waals surface area contributed by atoms with Gasteiger partial charge in [-0.1, -0.05) is 13.8 Å². The molecule has 0 aromatic heterocycles. The van der Waals surface area contributed by atoms with Crippen LogP contribution in [0.1, 0.15) is 13.8 Å². The van der Waals surface area contributed by atoms with Crippen LogP contribution in [0.3, 0.4) is 0 Å². The van der Waals surface area contributed by atoms with E-state index in [0.29, 0.717) is 0 Å². The number of carbonyl (C=O) groups excluding carboxylic acids is 1. The highest BCUT2D eigenvalue weighted by Crippen LogP contribution is 1.92. The molecule has 0 aromatic rings. The Bertz CT molecular complexity index is 176. The first-order valence-electron chi connectivity index (χ1n) is 5.41. The molecule has 1 aliphatic rings. The van der Waals surface area contributed by atoms with Crippen LogP contribution in [0.5, 0.6) is 0 Å². The quantitative estimate of drug-likeness (QED) is 0.651. The second-order valence-corrected chi connectivity index (χ2v) is 4.04. The second kappa shape index (κ2) is 5.98. The zero-order chi connectivity index (χ0) is 10.4. The Morgan fingerprint density at radius 3 is 2.64 bits per heavy atom. The number of carbonyl (C=O) groups is 1. The van der Waals surface area contributed by atoms with Crippen LogP contribution in [0.15, 0.2) is 0 Å². The van der Waals surface area contributed by atoms with Gasteiger partial charge in [-0.15, -0.1) is 0 Å². The van der Waals surface area contributed by atoms with Gasteiger partial charge in [-0.05, 0) is 0 Å². The van der Waals surface area contributed by atoms with E-state index in [1.165, 1.54) is 0 Å². The third-order valence-corrected chi connectivity index (χ3v) is 2.46. The summed E-state index contributed by atoms with van der Waals surface area (Å²) in [5, 5.41) is 6.23. The van der Waals surface area contributed by atoms with E-state index in [2.05, 4.69) is 15.5 Å². The predicted octanol–water partition coefficient (Wildman–Crippen LogP) is -0.336. The van der Waals surface area contributed by atoms with Gasteiger partial charge in [0.25, 0.3) is 0 Å². The van der Waals surface area contributed by atoms with Gasteiger partial charge >= 0.3 is 0 Å².